The number of hydrogen-bond acceptors (Lipinski definition) is 6. The number of non-ortho nitro benzene ring substituents is 1. The van der Waals surface area contributed by atoms with Crippen molar-refractivity contribution in [2.45, 2.75) is 18.6 Å². The molecule has 0 heterocycles. The summed E-state index contributed by atoms with van der Waals surface area (Å²) in [5.41, 5.74) is -0.517. The van der Waals surface area contributed by atoms with Gasteiger partial charge >= 0.3 is 0 Å². The van der Waals surface area contributed by atoms with Crippen LogP contribution >= 0.6 is 0 Å². The van der Waals surface area contributed by atoms with Gasteiger partial charge in [-0.1, -0.05) is 12.1 Å². The highest BCUT2D eigenvalue weighted by Crippen LogP contribution is 2.27. The molecule has 5 N–H and O–H groups in total. The fourth-order valence-electron chi connectivity index (χ4n) is 1.43. The molecule has 1 amide bonds. The van der Waals surface area contributed by atoms with E-state index in [-0.39, 0.29) is 11.3 Å². The van der Waals surface area contributed by atoms with Crippen LogP contribution in [0.1, 0.15) is 12.5 Å². The number of benzene rings is 1. The van der Waals surface area contributed by atoms with E-state index in [0.717, 1.165) is 13.0 Å². The molecule has 0 fully saturated rings. The standard InChI is InChI=1S/C10H13N3O5/c1-10(16,8(14)9(15)12-11)6-3-2-4-7(5-6)13(17)18/h2-5,8,14,16H,11H2,1H3,(H,12,15). The minimum atomic E-state index is -1.99. The summed E-state index contributed by atoms with van der Waals surface area (Å²) in [5.74, 6) is 3.85. The highest BCUT2D eigenvalue weighted by atomic mass is 16.6. The van der Waals surface area contributed by atoms with Gasteiger partial charge in [0, 0.05) is 12.1 Å². The number of nitrogens with zero attached hydrogens (tertiary/aromatic N) is 1. The summed E-state index contributed by atoms with van der Waals surface area (Å²) >= 11 is 0. The average Bonchev–Trinajstić information content (AvgIpc) is 2.36. The summed E-state index contributed by atoms with van der Waals surface area (Å²) in [4.78, 5) is 21.1. The van der Waals surface area contributed by atoms with Crippen LogP contribution in [0.5, 0.6) is 0 Å². The first-order valence-electron chi connectivity index (χ1n) is 4.96. The summed E-state index contributed by atoms with van der Waals surface area (Å²) in [7, 11) is 0. The minimum absolute atomic E-state index is 0.0350. The molecule has 0 aliphatic heterocycles. The van der Waals surface area contributed by atoms with Gasteiger partial charge in [-0.05, 0) is 12.5 Å². The molecule has 1 aromatic carbocycles. The van der Waals surface area contributed by atoms with Gasteiger partial charge in [0.15, 0.2) is 6.10 Å². The maximum Gasteiger partial charge on any atom is 0.269 e. The Labute approximate surface area is 102 Å². The van der Waals surface area contributed by atoms with E-state index in [9.17, 15) is 25.1 Å². The number of nitrogens with two attached hydrogens (primary N) is 1. The van der Waals surface area contributed by atoms with Crippen molar-refractivity contribution >= 4 is 11.6 Å². The molecule has 8 nitrogen and oxygen atoms in total. The van der Waals surface area contributed by atoms with E-state index in [2.05, 4.69) is 0 Å². The molecule has 8 heteroatoms. The fraction of sp³-hybridized carbons (Fsp3) is 0.300. The molecule has 0 saturated carbocycles. The molecule has 0 spiro atoms. The lowest BCUT2D eigenvalue weighted by molar-refractivity contribution is -0.385. The van der Waals surface area contributed by atoms with E-state index in [1.54, 1.807) is 5.43 Å². The van der Waals surface area contributed by atoms with Crippen LogP contribution in [0.25, 0.3) is 0 Å². The van der Waals surface area contributed by atoms with Gasteiger partial charge in [-0.15, -0.1) is 0 Å². The molecule has 1 aromatic rings. The van der Waals surface area contributed by atoms with Crippen molar-refractivity contribution in [3.8, 4) is 0 Å². The van der Waals surface area contributed by atoms with Crippen LogP contribution in [0.2, 0.25) is 0 Å². The molecule has 2 atom stereocenters. The second-order valence-electron chi connectivity index (χ2n) is 3.87. The Morgan fingerprint density at radius 3 is 2.72 bits per heavy atom. The van der Waals surface area contributed by atoms with Gasteiger partial charge in [-0.3, -0.25) is 20.3 Å². The highest BCUT2D eigenvalue weighted by Gasteiger charge is 2.38. The Bertz CT molecular complexity index is 474. The van der Waals surface area contributed by atoms with Crippen LogP contribution in [-0.2, 0) is 10.4 Å². The number of nitro benzene ring substituents is 1. The number of hydrazine groups is 1. The highest BCUT2D eigenvalue weighted by molar-refractivity contribution is 5.81. The number of carbonyl (C=O) groups is 1. The lowest BCUT2D eigenvalue weighted by Gasteiger charge is -2.27. The molecule has 1 rings (SSSR count). The van der Waals surface area contributed by atoms with Gasteiger partial charge < -0.3 is 10.2 Å². The van der Waals surface area contributed by atoms with Gasteiger partial charge in [0.2, 0.25) is 0 Å². The maximum atomic E-state index is 11.2. The molecule has 18 heavy (non-hydrogen) atoms. The zero-order valence-corrected chi connectivity index (χ0v) is 9.53. The molecule has 0 saturated heterocycles. The van der Waals surface area contributed by atoms with Crippen molar-refractivity contribution in [1.29, 1.82) is 0 Å². The average molecular weight is 255 g/mol. The number of aliphatic hydroxyl groups is 2. The summed E-state index contributed by atoms with van der Waals surface area (Å²) in [6.45, 7) is 1.16. The molecular weight excluding hydrogens is 242 g/mol. The molecular formula is C10H13N3O5. The summed E-state index contributed by atoms with van der Waals surface area (Å²) in [6, 6.07) is 5.01. The van der Waals surface area contributed by atoms with E-state index in [4.69, 9.17) is 5.84 Å². The molecule has 0 aliphatic rings. The molecule has 98 valence electrons. The van der Waals surface area contributed by atoms with Gasteiger partial charge in [0.1, 0.15) is 5.60 Å². The van der Waals surface area contributed by atoms with E-state index in [1.807, 2.05) is 0 Å². The van der Waals surface area contributed by atoms with Crippen LogP contribution in [0.15, 0.2) is 24.3 Å². The van der Waals surface area contributed by atoms with Crippen molar-refractivity contribution in [2.75, 3.05) is 0 Å². The Balaban J connectivity index is 3.15. The van der Waals surface area contributed by atoms with Crippen molar-refractivity contribution in [3.63, 3.8) is 0 Å². The van der Waals surface area contributed by atoms with E-state index in [1.165, 1.54) is 18.2 Å². The molecule has 0 bridgehead atoms. The minimum Gasteiger partial charge on any atom is -0.382 e. The number of aliphatic hydroxyl groups excluding tert-OH is 1. The number of nitro groups is 1. The molecule has 0 aliphatic carbocycles. The third kappa shape index (κ3) is 2.62. The monoisotopic (exact) mass is 255 g/mol. The van der Waals surface area contributed by atoms with Crippen molar-refractivity contribution in [2.24, 2.45) is 5.84 Å². The maximum absolute atomic E-state index is 11.2. The topological polar surface area (TPSA) is 139 Å². The van der Waals surface area contributed by atoms with E-state index < -0.39 is 22.5 Å². The Morgan fingerprint density at radius 2 is 2.22 bits per heavy atom. The zero-order chi connectivity index (χ0) is 13.9. The second kappa shape index (κ2) is 5.08. The van der Waals surface area contributed by atoms with E-state index in [0.29, 0.717) is 0 Å². The number of rotatable bonds is 4. The summed E-state index contributed by atoms with van der Waals surface area (Å²) < 4.78 is 0. The van der Waals surface area contributed by atoms with Crippen molar-refractivity contribution < 1.29 is 19.9 Å². The summed E-state index contributed by atoms with van der Waals surface area (Å²) in [6.07, 6.45) is -1.84. The predicted octanol–water partition coefficient (Wildman–Crippen LogP) is -0.847. The van der Waals surface area contributed by atoms with Gasteiger partial charge in [-0.2, -0.15) is 0 Å². The Kier molecular flexibility index (Phi) is 3.96. The normalized spacial score (nSPS) is 15.6. The molecule has 0 aromatic heterocycles. The first kappa shape index (κ1) is 14.0. The summed E-state index contributed by atoms with van der Waals surface area (Å²) in [5, 5.41) is 30.3. The first-order chi connectivity index (χ1) is 8.30. The predicted molar refractivity (Wildman–Crippen MR) is 61.0 cm³/mol. The van der Waals surface area contributed by atoms with Crippen LogP contribution in [0.4, 0.5) is 5.69 Å². The van der Waals surface area contributed by atoms with Crippen LogP contribution in [-0.4, -0.2) is 27.1 Å². The third-order valence-corrected chi connectivity index (χ3v) is 2.56. The third-order valence-electron chi connectivity index (χ3n) is 2.56. The number of amides is 1. The number of hydrogen-bond donors (Lipinski definition) is 4. The lowest BCUT2D eigenvalue weighted by atomic mass is 9.89. The fourth-order valence-corrected chi connectivity index (χ4v) is 1.43. The van der Waals surface area contributed by atoms with Crippen molar-refractivity contribution in [1.82, 2.24) is 5.43 Å². The quantitative estimate of drug-likeness (QED) is 0.239. The van der Waals surface area contributed by atoms with Gasteiger partial charge in [-0.25, -0.2) is 5.84 Å². The Morgan fingerprint density at radius 1 is 1.61 bits per heavy atom. The van der Waals surface area contributed by atoms with Crippen LogP contribution in [0, 0.1) is 10.1 Å². The number of carbonyl (C=O) groups excluding carboxylic acids is 1. The number of nitrogens with one attached hydrogen (secondary N) is 1. The zero-order valence-electron chi connectivity index (χ0n) is 9.53. The molecule has 2 unspecified atom stereocenters. The lowest BCUT2D eigenvalue weighted by Crippen LogP contribution is -2.49. The molecule has 0 radical (unpaired) electrons. The van der Waals surface area contributed by atoms with Crippen LogP contribution in [0.3, 0.4) is 0 Å². The van der Waals surface area contributed by atoms with Gasteiger partial charge in [0.25, 0.3) is 11.6 Å². The largest absolute Gasteiger partial charge is 0.382 e. The van der Waals surface area contributed by atoms with E-state index >= 15 is 0 Å². The van der Waals surface area contributed by atoms with Crippen molar-refractivity contribution in [3.05, 3.63) is 39.9 Å². The van der Waals surface area contributed by atoms with Crippen LogP contribution < -0.4 is 11.3 Å². The van der Waals surface area contributed by atoms with Gasteiger partial charge in [0.05, 0.1) is 4.92 Å². The first-order valence-corrected chi connectivity index (χ1v) is 4.96. The Hall–Kier alpha value is -2.03. The smallest absolute Gasteiger partial charge is 0.269 e. The second-order valence-corrected chi connectivity index (χ2v) is 3.87. The SMILES string of the molecule is CC(O)(c1cccc([N+](=O)[O-])c1)C(O)C(=O)NN.